The van der Waals surface area contributed by atoms with E-state index in [0.717, 1.165) is 87.7 Å². The first-order valence-corrected chi connectivity index (χ1v) is 25.8. The van der Waals surface area contributed by atoms with Crippen molar-refractivity contribution in [2.75, 3.05) is 57.9 Å². The van der Waals surface area contributed by atoms with Gasteiger partial charge < -0.3 is 40.0 Å². The van der Waals surface area contributed by atoms with Crippen LogP contribution in [0.1, 0.15) is 111 Å². The van der Waals surface area contributed by atoms with Crippen LogP contribution in [0, 0.1) is 36.3 Å². The molecule has 4 heterocycles. The Balaban J connectivity index is 0.743. The molecule has 0 bridgehead atoms. The van der Waals surface area contributed by atoms with Crippen molar-refractivity contribution in [3.8, 4) is 28.4 Å². The molecule has 1 aliphatic carbocycles. The Labute approximate surface area is 424 Å². The second-order valence-corrected chi connectivity index (χ2v) is 20.8. The summed E-state index contributed by atoms with van der Waals surface area (Å²) in [6.45, 7) is 7.38. The molecule has 3 N–H and O–H groups in total. The second kappa shape index (κ2) is 21.6. The van der Waals surface area contributed by atoms with E-state index in [1.165, 1.54) is 25.3 Å². The number of primary amides is 1. The highest BCUT2D eigenvalue weighted by Gasteiger charge is 2.50. The number of halogens is 3. The molecule has 0 unspecified atom stereocenters. The summed E-state index contributed by atoms with van der Waals surface area (Å²) in [5.74, 6) is -1.55. The second-order valence-electron chi connectivity index (χ2n) is 20.4. The van der Waals surface area contributed by atoms with Gasteiger partial charge in [0.25, 0.3) is 5.91 Å². The Morgan fingerprint density at radius 2 is 1.54 bits per heavy atom. The number of piperidine rings is 3. The number of ether oxygens (including phenoxy) is 3. The summed E-state index contributed by atoms with van der Waals surface area (Å²) < 4.78 is 50.0. The number of Topliss-reactive ketones (excluding diaryl/α,β-unsaturated/α-hetero) is 1. The number of aryl methyl sites for hydroxylation is 1. The number of rotatable bonds is 14. The largest absolute Gasteiger partial charge is 0.494 e. The van der Waals surface area contributed by atoms with Crippen molar-refractivity contribution < 1.29 is 47.0 Å². The van der Waals surface area contributed by atoms with E-state index in [2.05, 4.69) is 10.2 Å². The standard InChI is InChI=1S/C56H64ClF2N5O8/c1-33-27-41(13-15-44(33)64-26-21-40(65)29-47(64)66)71-31-48(67)62-22-17-35(18-23-62)28-36-19-24-63(25-20-36)55(69)37-9-11-39(12-10-37)61-32-56(38-7-5-4-6-8-38)34(2)49-46(72-56)30-43(58)52(57)51(49)50-42(54(60)68)14-16-45(70-3)53(50)59/h4-8,13-16,27,30,34-37,39,61H,9-12,17-26,28-29,31-32H2,1-3H3,(H2,60,68)/t34-,37?,39?,56-/m0/s1. The summed E-state index contributed by atoms with van der Waals surface area (Å²) in [5.41, 5.74) is 7.13. The van der Waals surface area contributed by atoms with Crippen molar-refractivity contribution in [1.29, 1.82) is 0 Å². The van der Waals surface area contributed by atoms with Crippen LogP contribution in [0.15, 0.2) is 66.7 Å². The normalized spacial score (nSPS) is 22.9. The lowest BCUT2D eigenvalue weighted by Crippen LogP contribution is -2.49. The van der Waals surface area contributed by atoms with Crippen LogP contribution < -0.4 is 30.2 Å². The highest BCUT2D eigenvalue weighted by Crippen LogP contribution is 2.56. The Kier molecular flexibility index (Phi) is 15.2. The lowest BCUT2D eigenvalue weighted by atomic mass is 9.77. The fraction of sp³-hybridized carbons (Fsp3) is 0.482. The third-order valence-electron chi connectivity index (χ3n) is 16.1. The molecule has 1 saturated carbocycles. The maximum atomic E-state index is 16.2. The third-order valence-corrected chi connectivity index (χ3v) is 16.5. The van der Waals surface area contributed by atoms with Crippen LogP contribution in [0.3, 0.4) is 0 Å². The van der Waals surface area contributed by atoms with Gasteiger partial charge in [-0.15, -0.1) is 0 Å². The first-order valence-electron chi connectivity index (χ1n) is 25.4. The molecule has 0 aromatic heterocycles. The van der Waals surface area contributed by atoms with E-state index in [4.69, 9.17) is 31.5 Å². The number of fused-ring (bicyclic) bond motifs is 1. The average Bonchev–Trinajstić information content (AvgIpc) is 3.66. The minimum atomic E-state index is -1.07. The van der Waals surface area contributed by atoms with Gasteiger partial charge in [0.15, 0.2) is 23.8 Å². The van der Waals surface area contributed by atoms with Crippen molar-refractivity contribution in [2.24, 2.45) is 23.5 Å². The maximum Gasteiger partial charge on any atom is 0.260 e. The molecule has 0 spiro atoms. The van der Waals surface area contributed by atoms with Crippen molar-refractivity contribution >= 4 is 46.7 Å². The topological polar surface area (TPSA) is 161 Å². The molecule has 4 aromatic rings. The number of benzene rings is 4. The Morgan fingerprint density at radius 3 is 2.18 bits per heavy atom. The molecule has 0 radical (unpaired) electrons. The van der Waals surface area contributed by atoms with Gasteiger partial charge in [-0.25, -0.2) is 8.78 Å². The molecule has 2 atom stereocenters. The first kappa shape index (κ1) is 50.9. The van der Waals surface area contributed by atoms with E-state index in [0.29, 0.717) is 55.7 Å². The Hall–Kier alpha value is -6.06. The van der Waals surface area contributed by atoms with Crippen LogP contribution in [-0.4, -0.2) is 98.2 Å². The van der Waals surface area contributed by atoms with E-state index in [1.807, 2.05) is 61.2 Å². The van der Waals surface area contributed by atoms with Crippen molar-refractivity contribution in [2.45, 2.75) is 102 Å². The van der Waals surface area contributed by atoms with Crippen LogP contribution in [0.25, 0.3) is 11.1 Å². The maximum absolute atomic E-state index is 16.2. The molecule has 4 fully saturated rings. The van der Waals surface area contributed by atoms with Crippen molar-refractivity contribution in [1.82, 2.24) is 15.1 Å². The van der Waals surface area contributed by atoms with Gasteiger partial charge in [-0.3, -0.25) is 24.0 Å². The van der Waals surface area contributed by atoms with Crippen LogP contribution in [-0.2, 0) is 24.8 Å². The van der Waals surface area contributed by atoms with Crippen molar-refractivity contribution in [3.05, 3.63) is 106 Å². The van der Waals surface area contributed by atoms with E-state index < -0.39 is 29.1 Å². The van der Waals surface area contributed by atoms with Crippen LogP contribution in [0.4, 0.5) is 14.5 Å². The minimum absolute atomic E-state index is 0.00598. The van der Waals surface area contributed by atoms with Crippen molar-refractivity contribution in [3.63, 3.8) is 0 Å². The number of likely N-dealkylation sites (tertiary alicyclic amines) is 2. The number of carbonyl (C=O) groups excluding carboxylic acids is 5. The average molecular weight is 1010 g/mol. The molecule has 4 amide bonds. The molecule has 3 saturated heterocycles. The fourth-order valence-electron chi connectivity index (χ4n) is 12.0. The number of hydrogen-bond acceptors (Lipinski definition) is 9. The summed E-state index contributed by atoms with van der Waals surface area (Å²) in [7, 11) is 1.30. The summed E-state index contributed by atoms with van der Waals surface area (Å²) in [4.78, 5) is 69.5. The number of nitrogens with two attached hydrogens (primary N) is 1. The third kappa shape index (κ3) is 10.3. The molecule has 4 aromatic carbocycles. The molecule has 9 rings (SSSR count). The number of hydrogen-bond donors (Lipinski definition) is 2. The summed E-state index contributed by atoms with van der Waals surface area (Å²) in [6.07, 6.45) is 8.30. The Morgan fingerprint density at radius 1 is 0.861 bits per heavy atom. The van der Waals surface area contributed by atoms with E-state index in [-0.39, 0.29) is 81.7 Å². The molecular formula is C56H64ClF2N5O8. The number of nitrogens with zero attached hydrogens (tertiary/aromatic N) is 3. The highest BCUT2D eigenvalue weighted by atomic mass is 35.5. The quantitative estimate of drug-likeness (QED) is 0.118. The summed E-state index contributed by atoms with van der Waals surface area (Å²) in [6, 6.07) is 19.0. The SMILES string of the molecule is COc1ccc(C(N)=O)c(-c2c(Cl)c(F)cc3c2[C@H](C)[C@@](CNC2CCC(C(=O)N4CCC(CC5CCN(C(=O)COc6ccc(N7CCC(=O)CC7=O)c(C)c6)CC5)CC4)CC2)(c2ccccc2)O3)c1F. The van der Waals surface area contributed by atoms with E-state index in [9.17, 15) is 24.0 Å². The molecule has 382 valence electrons. The lowest BCUT2D eigenvalue weighted by molar-refractivity contribution is -0.138. The monoisotopic (exact) mass is 1010 g/mol. The molecule has 16 heteroatoms. The van der Waals surface area contributed by atoms with Crippen LogP contribution >= 0.6 is 11.6 Å². The van der Waals surface area contributed by atoms with Gasteiger partial charge in [0.2, 0.25) is 17.7 Å². The van der Waals surface area contributed by atoms with Crippen LogP contribution in [0.2, 0.25) is 5.02 Å². The van der Waals surface area contributed by atoms with Gasteiger partial charge in [0.1, 0.15) is 23.1 Å². The molecule has 5 aliphatic rings. The lowest BCUT2D eigenvalue weighted by Gasteiger charge is -2.39. The van der Waals surface area contributed by atoms with Gasteiger partial charge in [-0.05, 0) is 118 Å². The first-order chi connectivity index (χ1) is 34.6. The molecular weight excluding hydrogens is 944 g/mol. The predicted molar refractivity (Wildman–Crippen MR) is 269 cm³/mol. The number of carbonyl (C=O) groups is 5. The zero-order valence-corrected chi connectivity index (χ0v) is 42.0. The number of anilines is 1. The number of methoxy groups -OCH3 is 1. The minimum Gasteiger partial charge on any atom is -0.494 e. The summed E-state index contributed by atoms with van der Waals surface area (Å²) in [5, 5.41) is 3.39. The number of ketones is 1. The van der Waals surface area contributed by atoms with E-state index in [1.54, 1.807) is 11.0 Å². The molecule has 72 heavy (non-hydrogen) atoms. The smallest absolute Gasteiger partial charge is 0.260 e. The number of amides is 4. The fourth-order valence-corrected chi connectivity index (χ4v) is 12.2. The molecule has 4 aliphatic heterocycles. The van der Waals surface area contributed by atoms with Gasteiger partial charge in [0, 0.05) is 92.0 Å². The van der Waals surface area contributed by atoms with Gasteiger partial charge in [-0.2, -0.15) is 0 Å². The number of nitrogens with one attached hydrogen (secondary N) is 1. The predicted octanol–water partition coefficient (Wildman–Crippen LogP) is 8.88. The van der Waals surface area contributed by atoms with E-state index >= 15 is 8.78 Å². The Bertz CT molecular complexity index is 2720. The van der Waals surface area contributed by atoms with Gasteiger partial charge in [0.05, 0.1) is 24.1 Å². The zero-order valence-electron chi connectivity index (χ0n) is 41.3. The van der Waals surface area contributed by atoms with Gasteiger partial charge >= 0.3 is 0 Å². The molecule has 13 nitrogen and oxygen atoms in total. The van der Waals surface area contributed by atoms with Gasteiger partial charge in [-0.1, -0.05) is 48.9 Å². The zero-order chi connectivity index (χ0) is 50.8. The van der Waals surface area contributed by atoms with Crippen LogP contribution in [0.5, 0.6) is 17.2 Å². The highest BCUT2D eigenvalue weighted by molar-refractivity contribution is 6.34. The summed E-state index contributed by atoms with van der Waals surface area (Å²) >= 11 is 6.70.